The fraction of sp³-hybridized carbons (Fsp3) is 0.100. The maximum atomic E-state index is 11.1. The van der Waals surface area contributed by atoms with Crippen LogP contribution in [-0.2, 0) is 0 Å². The van der Waals surface area contributed by atoms with Crippen LogP contribution < -0.4 is 0 Å². The van der Waals surface area contributed by atoms with E-state index in [1.54, 1.807) is 6.92 Å². The average Bonchev–Trinajstić information content (AvgIpc) is 2.46. The van der Waals surface area contributed by atoms with Crippen LogP contribution in [-0.4, -0.2) is 10.8 Å². The molecular weight excluding hydrogens is 277 g/mol. The monoisotopic (exact) mass is 285 g/mol. The summed E-state index contributed by atoms with van der Waals surface area (Å²) in [5.74, 6) is 0.0752. The van der Waals surface area contributed by atoms with Gasteiger partial charge in [-0.2, -0.15) is 0 Å². The van der Waals surface area contributed by atoms with Crippen LogP contribution in [0.3, 0.4) is 0 Å². The number of halogens is 1. The van der Waals surface area contributed by atoms with E-state index in [0.29, 0.717) is 5.69 Å². The van der Waals surface area contributed by atoms with E-state index < -0.39 is 0 Å². The third-order valence-corrected chi connectivity index (χ3v) is 2.63. The van der Waals surface area contributed by atoms with Crippen LogP contribution >= 0.6 is 22.6 Å². The van der Waals surface area contributed by atoms with Gasteiger partial charge in [0.15, 0.2) is 5.78 Å². The molecule has 0 bridgehead atoms. The average molecular weight is 285 g/mol. The van der Waals surface area contributed by atoms with Crippen molar-refractivity contribution in [3.05, 3.63) is 33.5 Å². The van der Waals surface area contributed by atoms with Crippen molar-refractivity contribution in [2.75, 3.05) is 0 Å². The quantitative estimate of drug-likeness (QED) is 0.634. The lowest BCUT2D eigenvalue weighted by Gasteiger charge is -1.89. The van der Waals surface area contributed by atoms with E-state index in [9.17, 15) is 4.79 Å². The molecule has 0 unspecified atom stereocenters. The first-order valence-corrected chi connectivity index (χ1v) is 5.04. The highest BCUT2D eigenvalue weighted by Gasteiger charge is 2.03. The van der Waals surface area contributed by atoms with E-state index in [2.05, 4.69) is 27.6 Å². The number of benzene rings is 1. The second kappa shape index (κ2) is 3.14. The van der Waals surface area contributed by atoms with Crippen LogP contribution in [0.4, 0.5) is 0 Å². The maximum Gasteiger partial charge on any atom is 0.175 e. The van der Waals surface area contributed by atoms with Gasteiger partial charge in [-0.1, -0.05) is 6.07 Å². The summed E-state index contributed by atoms with van der Waals surface area (Å²) in [4.78, 5) is 14.1. The van der Waals surface area contributed by atoms with Crippen LogP contribution in [0.1, 0.15) is 17.4 Å². The second-order valence-electron chi connectivity index (χ2n) is 2.97. The summed E-state index contributed by atoms with van der Waals surface area (Å²) < 4.78 is 1.17. The van der Waals surface area contributed by atoms with Gasteiger partial charge >= 0.3 is 0 Å². The van der Waals surface area contributed by atoms with Crippen LogP contribution in [0.15, 0.2) is 24.3 Å². The lowest BCUT2D eigenvalue weighted by molar-refractivity contribution is 0.101. The highest BCUT2D eigenvalue weighted by Crippen LogP contribution is 2.18. The Morgan fingerprint density at radius 3 is 2.85 bits per heavy atom. The van der Waals surface area contributed by atoms with E-state index in [1.807, 2.05) is 24.3 Å². The van der Waals surface area contributed by atoms with Crippen molar-refractivity contribution in [3.8, 4) is 0 Å². The minimum Gasteiger partial charge on any atom is -0.352 e. The highest BCUT2D eigenvalue weighted by molar-refractivity contribution is 14.1. The Balaban J connectivity index is 2.68. The summed E-state index contributed by atoms with van der Waals surface area (Å²) in [7, 11) is 0. The molecule has 0 amide bonds. The smallest absolute Gasteiger partial charge is 0.175 e. The van der Waals surface area contributed by atoms with Crippen molar-refractivity contribution >= 4 is 39.3 Å². The zero-order chi connectivity index (χ0) is 9.42. The molecule has 1 heterocycles. The van der Waals surface area contributed by atoms with Crippen LogP contribution in [0, 0.1) is 3.57 Å². The van der Waals surface area contributed by atoms with Crippen molar-refractivity contribution in [1.82, 2.24) is 4.98 Å². The van der Waals surface area contributed by atoms with Crippen molar-refractivity contribution < 1.29 is 4.79 Å². The van der Waals surface area contributed by atoms with E-state index in [1.165, 1.54) is 3.57 Å². The van der Waals surface area contributed by atoms with Gasteiger partial charge in [-0.05, 0) is 40.8 Å². The van der Waals surface area contributed by atoms with Crippen molar-refractivity contribution in [3.63, 3.8) is 0 Å². The number of Topliss-reactive ketones (excluding diaryl/α,β-unsaturated/α-hetero) is 1. The topological polar surface area (TPSA) is 32.9 Å². The SMILES string of the molecule is CC(=O)c1cc2ccc(I)cc2[nH]1. The molecule has 0 spiro atoms. The molecule has 13 heavy (non-hydrogen) atoms. The highest BCUT2D eigenvalue weighted by atomic mass is 127. The molecule has 0 aliphatic rings. The van der Waals surface area contributed by atoms with Gasteiger partial charge in [0.2, 0.25) is 0 Å². The van der Waals surface area contributed by atoms with Crippen molar-refractivity contribution in [2.45, 2.75) is 6.92 Å². The van der Waals surface area contributed by atoms with E-state index >= 15 is 0 Å². The Morgan fingerprint density at radius 1 is 1.38 bits per heavy atom. The van der Waals surface area contributed by atoms with Gasteiger partial charge in [0.1, 0.15) is 0 Å². The summed E-state index contributed by atoms with van der Waals surface area (Å²) in [6.45, 7) is 1.57. The molecule has 0 saturated carbocycles. The fourth-order valence-electron chi connectivity index (χ4n) is 1.29. The minimum absolute atomic E-state index is 0.0752. The summed E-state index contributed by atoms with van der Waals surface area (Å²) in [5.41, 5.74) is 1.70. The number of aromatic amines is 1. The molecule has 1 N–H and O–H groups in total. The van der Waals surface area contributed by atoms with Gasteiger partial charge in [-0.25, -0.2) is 0 Å². The van der Waals surface area contributed by atoms with Crippen molar-refractivity contribution in [1.29, 1.82) is 0 Å². The first-order valence-electron chi connectivity index (χ1n) is 3.96. The minimum atomic E-state index is 0.0752. The first kappa shape index (κ1) is 8.74. The normalized spacial score (nSPS) is 10.6. The third kappa shape index (κ3) is 1.60. The molecule has 0 aliphatic heterocycles. The third-order valence-electron chi connectivity index (χ3n) is 1.96. The van der Waals surface area contributed by atoms with E-state index in [4.69, 9.17) is 0 Å². The molecule has 66 valence electrons. The van der Waals surface area contributed by atoms with Gasteiger partial charge in [-0.15, -0.1) is 0 Å². The molecule has 2 rings (SSSR count). The van der Waals surface area contributed by atoms with Crippen LogP contribution in [0.2, 0.25) is 0 Å². The Labute approximate surface area is 89.5 Å². The lowest BCUT2D eigenvalue weighted by atomic mass is 10.2. The van der Waals surface area contributed by atoms with Gasteiger partial charge in [0.25, 0.3) is 0 Å². The van der Waals surface area contributed by atoms with Gasteiger partial charge in [0, 0.05) is 21.4 Å². The number of rotatable bonds is 1. The van der Waals surface area contributed by atoms with Crippen LogP contribution in [0.25, 0.3) is 10.9 Å². The van der Waals surface area contributed by atoms with Crippen LogP contribution in [0.5, 0.6) is 0 Å². The molecule has 0 saturated heterocycles. The zero-order valence-electron chi connectivity index (χ0n) is 7.10. The first-order chi connectivity index (χ1) is 6.16. The summed E-state index contributed by atoms with van der Waals surface area (Å²) >= 11 is 2.25. The van der Waals surface area contributed by atoms with E-state index in [0.717, 1.165) is 10.9 Å². The number of hydrogen-bond donors (Lipinski definition) is 1. The molecule has 0 aliphatic carbocycles. The molecule has 0 radical (unpaired) electrons. The van der Waals surface area contributed by atoms with Crippen molar-refractivity contribution in [2.24, 2.45) is 0 Å². The van der Waals surface area contributed by atoms with Gasteiger partial charge in [0.05, 0.1) is 5.69 Å². The number of fused-ring (bicyclic) bond motifs is 1. The standard InChI is InChI=1S/C10H8INO/c1-6(13)9-4-7-2-3-8(11)5-10(7)12-9/h2-5,12H,1H3. The number of carbonyl (C=O) groups excluding carboxylic acids is 1. The molecule has 2 nitrogen and oxygen atoms in total. The summed E-state index contributed by atoms with van der Waals surface area (Å²) in [6.07, 6.45) is 0. The molecule has 2 aromatic rings. The molecule has 0 atom stereocenters. The van der Waals surface area contributed by atoms with Gasteiger partial charge in [-0.3, -0.25) is 4.79 Å². The fourth-order valence-corrected chi connectivity index (χ4v) is 1.78. The predicted molar refractivity (Wildman–Crippen MR) is 61.0 cm³/mol. The summed E-state index contributed by atoms with van der Waals surface area (Å²) in [5, 5.41) is 1.09. The number of hydrogen-bond acceptors (Lipinski definition) is 1. The number of carbonyl (C=O) groups is 1. The Bertz CT molecular complexity index is 473. The Morgan fingerprint density at radius 2 is 2.15 bits per heavy atom. The number of aromatic nitrogens is 1. The number of H-pyrrole nitrogens is 1. The Hall–Kier alpha value is -0.840. The summed E-state index contributed by atoms with van der Waals surface area (Å²) in [6, 6.07) is 7.96. The maximum absolute atomic E-state index is 11.1. The largest absolute Gasteiger partial charge is 0.352 e. The van der Waals surface area contributed by atoms with E-state index in [-0.39, 0.29) is 5.78 Å². The molecule has 1 aromatic heterocycles. The number of nitrogens with one attached hydrogen (secondary N) is 1. The predicted octanol–water partition coefficient (Wildman–Crippen LogP) is 2.98. The molecular formula is C10H8INO. The molecule has 3 heteroatoms. The number of ketones is 1. The Kier molecular flexibility index (Phi) is 2.11. The molecule has 1 aromatic carbocycles. The second-order valence-corrected chi connectivity index (χ2v) is 4.22. The lowest BCUT2D eigenvalue weighted by Crippen LogP contribution is -1.89. The zero-order valence-corrected chi connectivity index (χ0v) is 9.25. The van der Waals surface area contributed by atoms with Gasteiger partial charge < -0.3 is 4.98 Å². The molecule has 0 fully saturated rings.